The van der Waals surface area contributed by atoms with E-state index >= 15 is 0 Å². The maximum atomic E-state index is 12.9. The number of nitrogens with one attached hydrogen (secondary N) is 2. The van der Waals surface area contributed by atoms with Crippen LogP contribution in [0.3, 0.4) is 0 Å². The SMILES string of the molecule is CC(CC(=O)Nc1ccc(F)cc1Cl)C1CCCNC1. The molecule has 0 aromatic heterocycles. The summed E-state index contributed by atoms with van der Waals surface area (Å²) in [5.74, 6) is 0.381. The van der Waals surface area contributed by atoms with Crippen molar-refractivity contribution in [2.75, 3.05) is 18.4 Å². The molecule has 1 fully saturated rings. The second-order valence-electron chi connectivity index (χ2n) is 5.46. The molecule has 5 heteroatoms. The maximum absolute atomic E-state index is 12.9. The largest absolute Gasteiger partial charge is 0.325 e. The Hall–Kier alpha value is -1.13. The van der Waals surface area contributed by atoms with Crippen molar-refractivity contribution in [3.05, 3.63) is 29.0 Å². The van der Waals surface area contributed by atoms with Crippen LogP contribution in [0.25, 0.3) is 0 Å². The minimum Gasteiger partial charge on any atom is -0.325 e. The number of hydrogen-bond acceptors (Lipinski definition) is 2. The highest BCUT2D eigenvalue weighted by Crippen LogP contribution is 2.25. The summed E-state index contributed by atoms with van der Waals surface area (Å²) in [6.45, 7) is 4.15. The minimum absolute atomic E-state index is 0.0726. The molecule has 1 aromatic carbocycles. The van der Waals surface area contributed by atoms with E-state index in [1.54, 1.807) is 0 Å². The van der Waals surface area contributed by atoms with Crippen LogP contribution in [0, 0.1) is 17.7 Å². The van der Waals surface area contributed by atoms with E-state index in [0.717, 1.165) is 13.1 Å². The van der Waals surface area contributed by atoms with Crippen LogP contribution in [0.5, 0.6) is 0 Å². The fraction of sp³-hybridized carbons (Fsp3) is 0.533. The van der Waals surface area contributed by atoms with Gasteiger partial charge in [-0.1, -0.05) is 18.5 Å². The summed E-state index contributed by atoms with van der Waals surface area (Å²) >= 11 is 5.89. The molecule has 2 N–H and O–H groups in total. The van der Waals surface area contributed by atoms with E-state index in [-0.39, 0.29) is 10.9 Å². The zero-order chi connectivity index (χ0) is 14.5. The Kier molecular flexibility index (Phi) is 5.38. The van der Waals surface area contributed by atoms with Gasteiger partial charge in [-0.05, 0) is 56.0 Å². The third kappa shape index (κ3) is 4.18. The van der Waals surface area contributed by atoms with E-state index in [1.165, 1.54) is 31.0 Å². The molecule has 1 heterocycles. The number of rotatable bonds is 4. The number of carbonyl (C=O) groups is 1. The van der Waals surface area contributed by atoms with Crippen LogP contribution in [0.1, 0.15) is 26.2 Å². The van der Waals surface area contributed by atoms with E-state index < -0.39 is 5.82 Å². The molecule has 20 heavy (non-hydrogen) atoms. The van der Waals surface area contributed by atoms with Gasteiger partial charge < -0.3 is 10.6 Å². The summed E-state index contributed by atoms with van der Waals surface area (Å²) in [4.78, 5) is 12.0. The molecule has 1 aliphatic heterocycles. The lowest BCUT2D eigenvalue weighted by atomic mass is 9.85. The van der Waals surface area contributed by atoms with Crippen LogP contribution >= 0.6 is 11.6 Å². The molecule has 0 radical (unpaired) electrons. The Labute approximate surface area is 123 Å². The number of amides is 1. The highest BCUT2D eigenvalue weighted by molar-refractivity contribution is 6.33. The predicted molar refractivity (Wildman–Crippen MR) is 79.4 cm³/mol. The third-order valence-corrected chi connectivity index (χ3v) is 4.17. The third-order valence-electron chi connectivity index (χ3n) is 3.85. The number of hydrogen-bond donors (Lipinski definition) is 2. The monoisotopic (exact) mass is 298 g/mol. The van der Waals surface area contributed by atoms with Gasteiger partial charge in [0, 0.05) is 6.42 Å². The molecule has 0 bridgehead atoms. The first-order valence-electron chi connectivity index (χ1n) is 7.02. The molecule has 1 amide bonds. The molecular weight excluding hydrogens is 279 g/mol. The standard InChI is InChI=1S/C15H20ClFN2O/c1-10(11-3-2-6-18-9-11)7-15(20)19-14-5-4-12(17)8-13(14)16/h4-5,8,10-11,18H,2-3,6-7,9H2,1H3,(H,19,20). The van der Waals surface area contributed by atoms with Gasteiger partial charge in [0.25, 0.3) is 0 Å². The van der Waals surface area contributed by atoms with Gasteiger partial charge >= 0.3 is 0 Å². The molecule has 3 nitrogen and oxygen atoms in total. The van der Waals surface area contributed by atoms with Gasteiger partial charge in [-0.2, -0.15) is 0 Å². The Bertz CT molecular complexity index is 475. The Balaban J connectivity index is 1.88. The number of halogens is 2. The van der Waals surface area contributed by atoms with Gasteiger partial charge in [0.15, 0.2) is 0 Å². The van der Waals surface area contributed by atoms with Gasteiger partial charge in [-0.3, -0.25) is 4.79 Å². The summed E-state index contributed by atoms with van der Waals surface area (Å²) in [5, 5.41) is 6.34. The summed E-state index contributed by atoms with van der Waals surface area (Å²) in [6, 6.07) is 3.98. The Morgan fingerprint density at radius 2 is 2.40 bits per heavy atom. The normalized spacial score (nSPS) is 20.4. The first-order valence-corrected chi connectivity index (χ1v) is 7.39. The molecule has 2 atom stereocenters. The molecule has 1 aliphatic rings. The van der Waals surface area contributed by atoms with Crippen molar-refractivity contribution in [2.45, 2.75) is 26.2 Å². The molecule has 0 spiro atoms. The number of anilines is 1. The van der Waals surface area contributed by atoms with Crippen LogP contribution in [-0.2, 0) is 4.79 Å². The van der Waals surface area contributed by atoms with Crippen molar-refractivity contribution in [1.82, 2.24) is 5.32 Å². The van der Waals surface area contributed by atoms with Gasteiger partial charge in [0.1, 0.15) is 5.82 Å². The molecule has 0 saturated carbocycles. The quantitative estimate of drug-likeness (QED) is 0.894. The highest BCUT2D eigenvalue weighted by atomic mass is 35.5. The van der Waals surface area contributed by atoms with Crippen LogP contribution in [0.4, 0.5) is 10.1 Å². The van der Waals surface area contributed by atoms with Crippen LogP contribution in [-0.4, -0.2) is 19.0 Å². The lowest BCUT2D eigenvalue weighted by Crippen LogP contribution is -2.34. The first kappa shape index (κ1) is 15.3. The van der Waals surface area contributed by atoms with Crippen molar-refractivity contribution >= 4 is 23.2 Å². The van der Waals surface area contributed by atoms with E-state index in [2.05, 4.69) is 17.6 Å². The number of benzene rings is 1. The second-order valence-corrected chi connectivity index (χ2v) is 5.87. The first-order chi connectivity index (χ1) is 9.56. The topological polar surface area (TPSA) is 41.1 Å². The summed E-state index contributed by atoms with van der Waals surface area (Å²) in [5.41, 5.74) is 0.465. The van der Waals surface area contributed by atoms with Gasteiger partial charge in [-0.15, -0.1) is 0 Å². The van der Waals surface area contributed by atoms with Crippen molar-refractivity contribution in [1.29, 1.82) is 0 Å². The van der Waals surface area contributed by atoms with E-state index in [9.17, 15) is 9.18 Å². The second kappa shape index (κ2) is 7.04. The molecule has 1 aromatic rings. The van der Waals surface area contributed by atoms with Gasteiger partial charge in [0.2, 0.25) is 5.91 Å². The zero-order valence-corrected chi connectivity index (χ0v) is 12.3. The lowest BCUT2D eigenvalue weighted by Gasteiger charge is -2.28. The molecule has 2 rings (SSSR count). The van der Waals surface area contributed by atoms with Crippen LogP contribution < -0.4 is 10.6 Å². The highest BCUT2D eigenvalue weighted by Gasteiger charge is 2.22. The summed E-state index contributed by atoms with van der Waals surface area (Å²) < 4.78 is 12.9. The predicted octanol–water partition coefficient (Wildman–Crippen LogP) is 3.44. The average Bonchev–Trinajstić information content (AvgIpc) is 2.43. The van der Waals surface area contributed by atoms with Gasteiger partial charge in [-0.25, -0.2) is 4.39 Å². The molecule has 1 saturated heterocycles. The van der Waals surface area contributed by atoms with Crippen molar-refractivity contribution in [3.63, 3.8) is 0 Å². The maximum Gasteiger partial charge on any atom is 0.224 e. The Morgan fingerprint density at radius 3 is 3.05 bits per heavy atom. The van der Waals surface area contributed by atoms with Crippen LogP contribution in [0.2, 0.25) is 5.02 Å². The number of piperidine rings is 1. The molecule has 2 unspecified atom stereocenters. The smallest absolute Gasteiger partial charge is 0.224 e. The van der Waals surface area contributed by atoms with Crippen LogP contribution in [0.15, 0.2) is 18.2 Å². The van der Waals surface area contributed by atoms with Crippen molar-refractivity contribution < 1.29 is 9.18 Å². The Morgan fingerprint density at radius 1 is 1.60 bits per heavy atom. The van der Waals surface area contributed by atoms with E-state index in [1.807, 2.05) is 0 Å². The fourth-order valence-corrected chi connectivity index (χ4v) is 2.83. The van der Waals surface area contributed by atoms with Gasteiger partial charge in [0.05, 0.1) is 10.7 Å². The lowest BCUT2D eigenvalue weighted by molar-refractivity contribution is -0.117. The minimum atomic E-state index is -0.408. The zero-order valence-electron chi connectivity index (χ0n) is 11.6. The molecule has 110 valence electrons. The van der Waals surface area contributed by atoms with Crippen molar-refractivity contribution in [2.24, 2.45) is 11.8 Å². The van der Waals surface area contributed by atoms with E-state index in [4.69, 9.17) is 11.6 Å². The number of carbonyl (C=O) groups excluding carboxylic acids is 1. The fourth-order valence-electron chi connectivity index (χ4n) is 2.62. The summed E-state index contributed by atoms with van der Waals surface area (Å²) in [7, 11) is 0. The summed E-state index contributed by atoms with van der Waals surface area (Å²) in [6.07, 6.45) is 2.79. The average molecular weight is 299 g/mol. The molecular formula is C15H20ClFN2O. The molecule has 0 aliphatic carbocycles. The van der Waals surface area contributed by atoms with E-state index in [0.29, 0.717) is 23.9 Å². The van der Waals surface area contributed by atoms with Crippen molar-refractivity contribution in [3.8, 4) is 0 Å².